The van der Waals surface area contributed by atoms with Crippen molar-refractivity contribution in [2.45, 2.75) is 4.90 Å². The summed E-state index contributed by atoms with van der Waals surface area (Å²) in [6.07, 6.45) is 0. The van der Waals surface area contributed by atoms with Gasteiger partial charge in [-0.1, -0.05) is 0 Å². The van der Waals surface area contributed by atoms with Crippen molar-refractivity contribution in [3.05, 3.63) is 38.4 Å². The van der Waals surface area contributed by atoms with Crippen molar-refractivity contribution < 1.29 is 28.0 Å². The number of likely N-dealkylation sites (N-methyl/N-ethyl adjacent to an activating group) is 1. The number of nitro groups is 2. The SMILES string of the molecule is C[NH+]1CCN(C(=O)CS(=O)(=O)c2ccc([N+](=O)[O-])cc2[N+](=O)[O-])CC1. The van der Waals surface area contributed by atoms with Crippen LogP contribution in [0, 0.1) is 20.2 Å². The topological polar surface area (TPSA) is 145 Å². The number of carbonyl (C=O) groups is 1. The van der Waals surface area contributed by atoms with E-state index in [1.807, 2.05) is 7.05 Å². The minimum Gasteiger partial charge on any atom is -0.334 e. The van der Waals surface area contributed by atoms with Crippen LogP contribution in [0.25, 0.3) is 0 Å². The second-order valence-electron chi connectivity index (χ2n) is 5.76. The van der Waals surface area contributed by atoms with Crippen molar-refractivity contribution in [3.63, 3.8) is 0 Å². The number of nitro benzene ring substituents is 2. The van der Waals surface area contributed by atoms with Crippen molar-refractivity contribution in [2.75, 3.05) is 39.0 Å². The molecule has 12 heteroatoms. The van der Waals surface area contributed by atoms with Gasteiger partial charge in [0.05, 0.1) is 49.1 Å². The Morgan fingerprint density at radius 1 is 1.20 bits per heavy atom. The summed E-state index contributed by atoms with van der Waals surface area (Å²) in [5, 5.41) is 21.8. The third-order valence-electron chi connectivity index (χ3n) is 3.97. The van der Waals surface area contributed by atoms with E-state index >= 15 is 0 Å². The summed E-state index contributed by atoms with van der Waals surface area (Å²) in [6, 6.07) is 2.24. The van der Waals surface area contributed by atoms with Gasteiger partial charge >= 0.3 is 0 Å². The van der Waals surface area contributed by atoms with Crippen LogP contribution >= 0.6 is 0 Å². The summed E-state index contributed by atoms with van der Waals surface area (Å²) in [7, 11) is -2.35. The van der Waals surface area contributed by atoms with E-state index in [-0.39, 0.29) is 0 Å². The van der Waals surface area contributed by atoms with Gasteiger partial charge in [-0.15, -0.1) is 0 Å². The van der Waals surface area contributed by atoms with Gasteiger partial charge in [-0.2, -0.15) is 0 Å². The molecule has 0 aliphatic carbocycles. The monoisotopic (exact) mass is 373 g/mol. The smallest absolute Gasteiger partial charge is 0.294 e. The molecular formula is C13H17N4O7S+. The number of nitrogens with zero attached hydrogens (tertiary/aromatic N) is 3. The van der Waals surface area contributed by atoms with E-state index in [1.54, 1.807) is 0 Å². The lowest BCUT2D eigenvalue weighted by Gasteiger charge is -2.30. The Hall–Kier alpha value is -2.60. The molecule has 0 aromatic heterocycles. The summed E-state index contributed by atoms with van der Waals surface area (Å²) in [6.45, 7) is 2.18. The highest BCUT2D eigenvalue weighted by Gasteiger charge is 2.32. The molecule has 1 aliphatic rings. The average molecular weight is 373 g/mol. The fourth-order valence-corrected chi connectivity index (χ4v) is 3.89. The van der Waals surface area contributed by atoms with E-state index in [0.717, 1.165) is 12.1 Å². The summed E-state index contributed by atoms with van der Waals surface area (Å²) < 4.78 is 24.9. The minimum absolute atomic E-state index is 0.405. The number of rotatable bonds is 5. The van der Waals surface area contributed by atoms with Crippen molar-refractivity contribution in [1.29, 1.82) is 0 Å². The van der Waals surface area contributed by atoms with Crippen LogP contribution in [0.3, 0.4) is 0 Å². The maximum absolute atomic E-state index is 12.4. The van der Waals surface area contributed by atoms with Gasteiger partial charge in [0.25, 0.3) is 11.4 Å². The van der Waals surface area contributed by atoms with Crippen LogP contribution in [0.1, 0.15) is 0 Å². The van der Waals surface area contributed by atoms with Gasteiger partial charge in [-0.3, -0.25) is 25.0 Å². The minimum atomic E-state index is -4.30. The Kier molecular flexibility index (Phi) is 5.33. The molecule has 0 atom stereocenters. The molecule has 136 valence electrons. The molecule has 1 saturated heterocycles. The molecule has 0 bridgehead atoms. The van der Waals surface area contributed by atoms with Crippen LogP contribution in [0.4, 0.5) is 11.4 Å². The lowest BCUT2D eigenvalue weighted by molar-refractivity contribution is -0.883. The first-order chi connectivity index (χ1) is 11.6. The first-order valence-corrected chi connectivity index (χ1v) is 9.01. The van der Waals surface area contributed by atoms with E-state index in [1.165, 1.54) is 9.80 Å². The molecule has 1 heterocycles. The number of piperazine rings is 1. The molecule has 1 amide bonds. The van der Waals surface area contributed by atoms with E-state index in [9.17, 15) is 33.4 Å². The van der Waals surface area contributed by atoms with Gasteiger partial charge in [0, 0.05) is 6.07 Å². The number of carbonyl (C=O) groups excluding carboxylic acids is 1. The summed E-state index contributed by atoms with van der Waals surface area (Å²) in [4.78, 5) is 34.1. The van der Waals surface area contributed by atoms with E-state index < -0.39 is 47.6 Å². The number of nitrogens with one attached hydrogen (secondary N) is 1. The third kappa shape index (κ3) is 4.28. The Bertz CT molecular complexity index is 816. The molecule has 0 unspecified atom stereocenters. The summed E-state index contributed by atoms with van der Waals surface area (Å²) in [5.41, 5.74) is -1.51. The molecule has 11 nitrogen and oxygen atoms in total. The first-order valence-electron chi connectivity index (χ1n) is 7.36. The standard InChI is InChI=1S/C13H16N4O7S/c1-14-4-6-15(7-5-14)13(18)9-25(23,24)12-3-2-10(16(19)20)8-11(12)17(21)22/h2-3,8H,4-7,9H2,1H3/p+1. The number of quaternary nitrogens is 1. The van der Waals surface area contributed by atoms with Gasteiger partial charge in [-0.25, -0.2) is 8.42 Å². The predicted molar refractivity (Wildman–Crippen MR) is 85.0 cm³/mol. The first kappa shape index (κ1) is 18.7. The largest absolute Gasteiger partial charge is 0.334 e. The Labute approximate surface area is 143 Å². The summed E-state index contributed by atoms with van der Waals surface area (Å²) >= 11 is 0. The van der Waals surface area contributed by atoms with Crippen molar-refractivity contribution in [3.8, 4) is 0 Å². The highest BCUT2D eigenvalue weighted by Crippen LogP contribution is 2.29. The second-order valence-corrected chi connectivity index (χ2v) is 7.72. The van der Waals surface area contributed by atoms with Crippen molar-refractivity contribution in [1.82, 2.24) is 4.90 Å². The van der Waals surface area contributed by atoms with Gasteiger partial charge in [0.2, 0.25) is 5.91 Å². The Balaban J connectivity index is 2.28. The lowest BCUT2D eigenvalue weighted by atomic mass is 10.3. The second kappa shape index (κ2) is 7.11. The zero-order valence-electron chi connectivity index (χ0n) is 13.4. The molecule has 1 aromatic carbocycles. The predicted octanol–water partition coefficient (Wildman–Crippen LogP) is -1.37. The van der Waals surface area contributed by atoms with Crippen LogP contribution < -0.4 is 4.90 Å². The van der Waals surface area contributed by atoms with Crippen LogP contribution in [0.5, 0.6) is 0 Å². The molecule has 25 heavy (non-hydrogen) atoms. The van der Waals surface area contributed by atoms with E-state index in [0.29, 0.717) is 32.2 Å². The number of sulfone groups is 1. The molecule has 0 spiro atoms. The molecule has 0 saturated carbocycles. The van der Waals surface area contributed by atoms with Gasteiger partial charge < -0.3 is 9.80 Å². The van der Waals surface area contributed by atoms with Crippen LogP contribution in [0.15, 0.2) is 23.1 Å². The Morgan fingerprint density at radius 3 is 2.32 bits per heavy atom. The van der Waals surface area contributed by atoms with Crippen LogP contribution in [-0.4, -0.2) is 68.1 Å². The van der Waals surface area contributed by atoms with E-state index in [2.05, 4.69) is 0 Å². The van der Waals surface area contributed by atoms with Gasteiger partial charge in [-0.05, 0) is 6.07 Å². The molecule has 1 aliphatic heterocycles. The maximum Gasteiger partial charge on any atom is 0.294 e. The number of benzene rings is 1. The number of amides is 1. The highest BCUT2D eigenvalue weighted by molar-refractivity contribution is 7.92. The fourth-order valence-electron chi connectivity index (χ4n) is 2.49. The average Bonchev–Trinajstić information content (AvgIpc) is 2.54. The fraction of sp³-hybridized carbons (Fsp3) is 0.462. The zero-order chi connectivity index (χ0) is 18.8. The quantitative estimate of drug-likeness (QED) is 0.495. The normalized spacial score (nSPS) is 15.8. The molecule has 1 fully saturated rings. The van der Waals surface area contributed by atoms with Crippen LogP contribution in [-0.2, 0) is 14.6 Å². The molecular weight excluding hydrogens is 356 g/mol. The summed E-state index contributed by atoms with van der Waals surface area (Å²) in [5.74, 6) is -1.55. The molecule has 1 aromatic rings. The van der Waals surface area contributed by atoms with E-state index in [4.69, 9.17) is 0 Å². The van der Waals surface area contributed by atoms with Gasteiger partial charge in [0.15, 0.2) is 9.84 Å². The van der Waals surface area contributed by atoms with Crippen LogP contribution in [0.2, 0.25) is 0 Å². The number of hydrogen-bond donors (Lipinski definition) is 1. The van der Waals surface area contributed by atoms with Crippen molar-refractivity contribution >= 4 is 27.1 Å². The third-order valence-corrected chi connectivity index (χ3v) is 5.61. The Morgan fingerprint density at radius 2 is 1.80 bits per heavy atom. The van der Waals surface area contributed by atoms with Crippen molar-refractivity contribution in [2.24, 2.45) is 0 Å². The zero-order valence-corrected chi connectivity index (χ0v) is 14.2. The molecule has 2 rings (SSSR count). The number of non-ortho nitro benzene ring substituents is 1. The molecule has 0 radical (unpaired) electrons. The highest BCUT2D eigenvalue weighted by atomic mass is 32.2. The van der Waals surface area contributed by atoms with Gasteiger partial charge in [0.1, 0.15) is 10.6 Å². The molecule has 1 N–H and O–H groups in total. The number of hydrogen-bond acceptors (Lipinski definition) is 7. The maximum atomic E-state index is 12.4. The lowest BCUT2D eigenvalue weighted by Crippen LogP contribution is -3.12.